The first-order valence-corrected chi connectivity index (χ1v) is 5.16. The summed E-state index contributed by atoms with van der Waals surface area (Å²) < 4.78 is 44.2. The van der Waals surface area contributed by atoms with Gasteiger partial charge in [-0.15, -0.1) is 10.2 Å². The zero-order valence-corrected chi connectivity index (χ0v) is 9.60. The summed E-state index contributed by atoms with van der Waals surface area (Å²) in [5, 5.41) is 18.9. The van der Waals surface area contributed by atoms with Crippen LogP contribution in [-0.4, -0.2) is 38.6 Å². The molecule has 0 spiro atoms. The fourth-order valence-corrected chi connectivity index (χ4v) is 1.64. The molecule has 1 aliphatic heterocycles. The van der Waals surface area contributed by atoms with Crippen LogP contribution in [-0.2, 0) is 15.3 Å². The number of hydrogen-bond donors (Lipinski definition) is 2. The molecule has 0 saturated heterocycles. The van der Waals surface area contributed by atoms with E-state index in [1.165, 1.54) is 6.92 Å². The number of esters is 1. The van der Waals surface area contributed by atoms with Crippen molar-refractivity contribution in [1.29, 1.82) is 0 Å². The second-order valence-corrected chi connectivity index (χ2v) is 3.62. The Bertz CT molecular complexity index is 539. The molecule has 0 saturated carbocycles. The molecule has 19 heavy (non-hydrogen) atoms. The molecule has 2 heterocycles. The molecule has 0 fully saturated rings. The van der Waals surface area contributed by atoms with Gasteiger partial charge in [-0.1, -0.05) is 0 Å². The Morgan fingerprint density at radius 1 is 1.63 bits per heavy atom. The minimum absolute atomic E-state index is 0.126. The largest absolute Gasteiger partial charge is 0.462 e. The van der Waals surface area contributed by atoms with Crippen LogP contribution in [0.25, 0.3) is 0 Å². The van der Waals surface area contributed by atoms with Crippen LogP contribution in [0, 0.1) is 0 Å². The van der Waals surface area contributed by atoms with Crippen LogP contribution in [0.2, 0.25) is 0 Å². The van der Waals surface area contributed by atoms with Crippen molar-refractivity contribution >= 4 is 11.9 Å². The number of nitrogens with zero attached hydrogens (tertiary/aromatic N) is 3. The summed E-state index contributed by atoms with van der Waals surface area (Å²) in [6, 6.07) is 0. The number of halogens is 3. The molecule has 1 aromatic heterocycles. The van der Waals surface area contributed by atoms with E-state index in [0.29, 0.717) is 17.1 Å². The van der Waals surface area contributed by atoms with Crippen LogP contribution in [0.1, 0.15) is 6.92 Å². The number of aromatic nitrogens is 3. The van der Waals surface area contributed by atoms with Crippen LogP contribution < -0.4 is 5.32 Å². The topological polar surface area (TPSA) is 89.3 Å². The van der Waals surface area contributed by atoms with Crippen molar-refractivity contribution in [3.05, 3.63) is 18.1 Å². The summed E-state index contributed by atoms with van der Waals surface area (Å²) in [6.45, 7) is 1.31. The second kappa shape index (κ2) is 4.23. The molecular weight excluding hydrogens is 269 g/mol. The lowest BCUT2D eigenvalue weighted by atomic mass is 10.0. The van der Waals surface area contributed by atoms with Crippen LogP contribution >= 0.6 is 0 Å². The maximum absolute atomic E-state index is 13.1. The highest BCUT2D eigenvalue weighted by atomic mass is 19.4. The van der Waals surface area contributed by atoms with Crippen molar-refractivity contribution in [2.24, 2.45) is 0 Å². The van der Waals surface area contributed by atoms with E-state index in [0.717, 1.165) is 0 Å². The summed E-state index contributed by atoms with van der Waals surface area (Å²) >= 11 is 0. The fraction of sp³-hybridized carbons (Fsp3) is 0.444. The molecule has 0 amide bonds. The first kappa shape index (κ1) is 13.3. The highest BCUT2D eigenvalue weighted by molar-refractivity contribution is 5.91. The van der Waals surface area contributed by atoms with E-state index in [1.54, 1.807) is 0 Å². The molecular formula is C9H9F3N4O3. The molecule has 1 aromatic rings. The number of ether oxygens (including phenoxy) is 1. The van der Waals surface area contributed by atoms with Gasteiger partial charge in [0.1, 0.15) is 11.9 Å². The van der Waals surface area contributed by atoms with Crippen molar-refractivity contribution in [2.75, 3.05) is 11.9 Å². The van der Waals surface area contributed by atoms with E-state index in [1.807, 2.05) is 0 Å². The first-order valence-electron chi connectivity index (χ1n) is 5.16. The lowest BCUT2D eigenvalue weighted by molar-refractivity contribution is -0.281. The third kappa shape index (κ3) is 1.84. The van der Waals surface area contributed by atoms with E-state index in [4.69, 9.17) is 0 Å². The standard InChI is InChI=1S/C9H9F3N4O3/c1-2-19-6(17)5-3-13-7-15-14-4-16(7)8(5,18)9(10,11)12/h3-4,18H,2H2,1H3,(H,13,15)/t8-/m0/s1. The van der Waals surface area contributed by atoms with Crippen LogP contribution in [0.3, 0.4) is 0 Å². The normalized spacial score (nSPS) is 22.3. The van der Waals surface area contributed by atoms with Gasteiger partial charge in [0.05, 0.1) is 6.61 Å². The van der Waals surface area contributed by atoms with Gasteiger partial charge in [0.2, 0.25) is 5.95 Å². The molecule has 104 valence electrons. The Hall–Kier alpha value is -2.10. The SMILES string of the molecule is CCOC(=O)C1=CNc2nncn2[C@@]1(O)C(F)(F)F. The van der Waals surface area contributed by atoms with Crippen molar-refractivity contribution < 1.29 is 27.8 Å². The molecule has 2 N–H and O–H groups in total. The molecule has 10 heteroatoms. The van der Waals surface area contributed by atoms with Crippen molar-refractivity contribution in [3.63, 3.8) is 0 Å². The van der Waals surface area contributed by atoms with E-state index >= 15 is 0 Å². The minimum Gasteiger partial charge on any atom is -0.462 e. The summed E-state index contributed by atoms with van der Waals surface area (Å²) in [4.78, 5) is 11.5. The van der Waals surface area contributed by atoms with Gasteiger partial charge in [-0.25, -0.2) is 4.79 Å². The second-order valence-electron chi connectivity index (χ2n) is 3.62. The van der Waals surface area contributed by atoms with Crippen molar-refractivity contribution in [2.45, 2.75) is 18.8 Å². The summed E-state index contributed by atoms with van der Waals surface area (Å²) in [5.74, 6) is -1.62. The van der Waals surface area contributed by atoms with Gasteiger partial charge in [-0.2, -0.15) is 13.2 Å². The molecule has 0 radical (unpaired) electrons. The van der Waals surface area contributed by atoms with Gasteiger partial charge in [0.25, 0.3) is 5.72 Å². The quantitative estimate of drug-likeness (QED) is 0.759. The number of aliphatic hydroxyl groups is 1. The number of anilines is 1. The highest BCUT2D eigenvalue weighted by Crippen LogP contribution is 2.43. The van der Waals surface area contributed by atoms with Gasteiger partial charge in [-0.05, 0) is 6.92 Å². The smallest absolute Gasteiger partial charge is 0.442 e. The lowest BCUT2D eigenvalue weighted by Gasteiger charge is -2.35. The summed E-state index contributed by atoms with van der Waals surface area (Å²) in [5.41, 5.74) is -4.56. The Morgan fingerprint density at radius 2 is 2.32 bits per heavy atom. The number of alkyl halides is 3. The zero-order valence-electron chi connectivity index (χ0n) is 9.60. The van der Waals surface area contributed by atoms with E-state index in [-0.39, 0.29) is 12.6 Å². The average Bonchev–Trinajstić information content (AvgIpc) is 2.77. The Kier molecular flexibility index (Phi) is 2.97. The molecule has 0 aromatic carbocycles. The Morgan fingerprint density at radius 3 is 2.89 bits per heavy atom. The first-order chi connectivity index (χ1) is 8.82. The molecule has 1 atom stereocenters. The zero-order chi connectivity index (χ0) is 14.3. The van der Waals surface area contributed by atoms with E-state index in [9.17, 15) is 23.1 Å². The predicted molar refractivity (Wildman–Crippen MR) is 54.6 cm³/mol. The van der Waals surface area contributed by atoms with Gasteiger partial charge in [0, 0.05) is 6.20 Å². The van der Waals surface area contributed by atoms with Crippen LogP contribution in [0.4, 0.5) is 19.1 Å². The van der Waals surface area contributed by atoms with Crippen LogP contribution in [0.5, 0.6) is 0 Å². The third-order valence-corrected chi connectivity index (χ3v) is 2.51. The van der Waals surface area contributed by atoms with Crippen molar-refractivity contribution in [1.82, 2.24) is 14.8 Å². The van der Waals surface area contributed by atoms with Gasteiger partial charge in [0.15, 0.2) is 0 Å². The number of fused-ring (bicyclic) bond motifs is 1. The Labute approximate surface area is 104 Å². The Balaban J connectivity index is 2.56. The number of carbonyl (C=O) groups excluding carboxylic acids is 1. The molecule has 0 aliphatic carbocycles. The van der Waals surface area contributed by atoms with Gasteiger partial charge >= 0.3 is 12.1 Å². The number of carbonyl (C=O) groups is 1. The number of nitrogens with one attached hydrogen (secondary N) is 1. The molecule has 2 rings (SSSR count). The van der Waals surface area contributed by atoms with Crippen molar-refractivity contribution in [3.8, 4) is 0 Å². The predicted octanol–water partition coefficient (Wildman–Crippen LogP) is 0.358. The van der Waals surface area contributed by atoms with Gasteiger partial charge in [-0.3, -0.25) is 4.57 Å². The third-order valence-electron chi connectivity index (χ3n) is 2.51. The summed E-state index contributed by atoms with van der Waals surface area (Å²) in [7, 11) is 0. The molecule has 0 unspecified atom stereocenters. The average molecular weight is 278 g/mol. The minimum atomic E-state index is -5.15. The highest BCUT2D eigenvalue weighted by Gasteiger charge is 2.62. The number of rotatable bonds is 2. The van der Waals surface area contributed by atoms with Crippen LogP contribution in [0.15, 0.2) is 18.1 Å². The van der Waals surface area contributed by atoms with E-state index < -0.39 is 23.4 Å². The number of hydrogen-bond acceptors (Lipinski definition) is 6. The maximum Gasteiger partial charge on any atom is 0.442 e. The fourth-order valence-electron chi connectivity index (χ4n) is 1.64. The lowest BCUT2D eigenvalue weighted by Crippen LogP contribution is -2.53. The molecule has 0 bridgehead atoms. The monoisotopic (exact) mass is 278 g/mol. The van der Waals surface area contributed by atoms with E-state index in [2.05, 4.69) is 20.3 Å². The molecule has 1 aliphatic rings. The van der Waals surface area contributed by atoms with Gasteiger partial charge < -0.3 is 15.2 Å². The maximum atomic E-state index is 13.1. The summed E-state index contributed by atoms with van der Waals surface area (Å²) in [6.07, 6.45) is -3.78. The molecule has 7 nitrogen and oxygen atoms in total.